The third-order valence-corrected chi connectivity index (χ3v) is 3.77. The van der Waals surface area contributed by atoms with Crippen LogP contribution in [-0.4, -0.2) is 22.9 Å². The Kier molecular flexibility index (Phi) is 6.79. The number of benzene rings is 1. The molecule has 1 aromatic carbocycles. The molecule has 1 amide bonds. The molecule has 0 fully saturated rings. The van der Waals surface area contributed by atoms with Crippen LogP contribution in [-0.2, 0) is 0 Å². The van der Waals surface area contributed by atoms with Gasteiger partial charge in [-0.05, 0) is 25.3 Å². The lowest BCUT2D eigenvalue weighted by atomic mass is 9.88. The quantitative estimate of drug-likeness (QED) is 0.644. The lowest BCUT2D eigenvalue weighted by Crippen LogP contribution is -2.55. The van der Waals surface area contributed by atoms with Gasteiger partial charge in [-0.1, -0.05) is 19.9 Å². The Morgan fingerprint density at radius 1 is 1.48 bits per heavy atom. The van der Waals surface area contributed by atoms with E-state index in [0.29, 0.717) is 17.7 Å². The molecule has 21 heavy (non-hydrogen) atoms. The molecule has 0 aliphatic heterocycles. The van der Waals surface area contributed by atoms with Crippen molar-refractivity contribution in [1.82, 2.24) is 5.32 Å². The molecular weight excluding hydrogens is 294 g/mol. The molecule has 1 unspecified atom stereocenters. The molecule has 1 atom stereocenters. The third kappa shape index (κ3) is 4.41. The summed E-state index contributed by atoms with van der Waals surface area (Å²) < 4.78 is 0. The molecule has 7 heteroatoms. The topological polar surface area (TPSA) is 98.3 Å². The van der Waals surface area contributed by atoms with Crippen LogP contribution in [0.4, 0.5) is 5.69 Å². The van der Waals surface area contributed by atoms with Gasteiger partial charge < -0.3 is 11.1 Å². The van der Waals surface area contributed by atoms with E-state index in [9.17, 15) is 14.9 Å². The molecule has 0 aromatic heterocycles. The van der Waals surface area contributed by atoms with Crippen LogP contribution in [0.15, 0.2) is 18.2 Å². The largest absolute Gasteiger partial charge is 0.345 e. The predicted octanol–water partition coefficient (Wildman–Crippen LogP) is 2.43. The number of nitro groups is 1. The number of nitrogens with two attached hydrogens (primary N) is 1. The van der Waals surface area contributed by atoms with Crippen molar-refractivity contribution < 1.29 is 9.72 Å². The average Bonchev–Trinajstić information content (AvgIpc) is 2.38. The van der Waals surface area contributed by atoms with Crippen molar-refractivity contribution in [2.24, 2.45) is 11.7 Å². The molecule has 0 spiro atoms. The number of aryl methyl sites for hydroxylation is 1. The summed E-state index contributed by atoms with van der Waals surface area (Å²) in [6, 6.07) is 4.25. The molecule has 6 nitrogen and oxygen atoms in total. The fraction of sp³-hybridized carbons (Fsp3) is 0.500. The molecule has 0 radical (unpaired) electrons. The summed E-state index contributed by atoms with van der Waals surface area (Å²) in [5.74, 6) is -0.191. The van der Waals surface area contributed by atoms with Crippen molar-refractivity contribution in [3.05, 3.63) is 39.4 Å². The highest BCUT2D eigenvalue weighted by Gasteiger charge is 2.29. The summed E-state index contributed by atoms with van der Waals surface area (Å²) in [6.07, 6.45) is 0. The van der Waals surface area contributed by atoms with Crippen LogP contribution in [0.2, 0.25) is 0 Å². The smallest absolute Gasteiger partial charge is 0.270 e. The number of carbonyl (C=O) groups excluding carboxylic acids is 1. The van der Waals surface area contributed by atoms with E-state index in [1.807, 2.05) is 20.8 Å². The Morgan fingerprint density at radius 2 is 2.05 bits per heavy atom. The lowest BCUT2D eigenvalue weighted by molar-refractivity contribution is -0.384. The van der Waals surface area contributed by atoms with Crippen LogP contribution < -0.4 is 11.1 Å². The van der Waals surface area contributed by atoms with E-state index in [4.69, 9.17) is 5.73 Å². The van der Waals surface area contributed by atoms with Gasteiger partial charge in [0.15, 0.2) is 0 Å². The highest BCUT2D eigenvalue weighted by Crippen LogP contribution is 2.20. The molecule has 0 saturated heterocycles. The van der Waals surface area contributed by atoms with Crippen LogP contribution in [0.1, 0.15) is 36.7 Å². The molecule has 0 aliphatic carbocycles. The summed E-state index contributed by atoms with van der Waals surface area (Å²) in [4.78, 5) is 22.6. The van der Waals surface area contributed by atoms with Crippen molar-refractivity contribution >= 4 is 24.0 Å². The second-order valence-electron chi connectivity index (χ2n) is 5.49. The summed E-state index contributed by atoms with van der Waals surface area (Å²) in [7, 11) is 0. The Balaban J connectivity index is 0.00000400. The molecule has 118 valence electrons. The molecule has 3 N–H and O–H groups in total. The molecule has 0 heterocycles. The number of nitro benzene ring substituents is 1. The van der Waals surface area contributed by atoms with Crippen LogP contribution in [0, 0.1) is 23.0 Å². The van der Waals surface area contributed by atoms with Crippen LogP contribution in [0.25, 0.3) is 0 Å². The van der Waals surface area contributed by atoms with Gasteiger partial charge in [0.05, 0.1) is 10.5 Å². The molecule has 1 aromatic rings. The van der Waals surface area contributed by atoms with Gasteiger partial charge in [-0.25, -0.2) is 0 Å². The van der Waals surface area contributed by atoms with Crippen molar-refractivity contribution in [1.29, 1.82) is 0 Å². The van der Waals surface area contributed by atoms with Crippen molar-refractivity contribution in [2.75, 3.05) is 6.54 Å². The fourth-order valence-corrected chi connectivity index (χ4v) is 1.73. The number of carbonyl (C=O) groups is 1. The van der Waals surface area contributed by atoms with Gasteiger partial charge in [0, 0.05) is 24.2 Å². The minimum absolute atomic E-state index is 0. The normalized spacial score (nSPS) is 13.2. The summed E-state index contributed by atoms with van der Waals surface area (Å²) in [5.41, 5.74) is 6.08. The highest BCUT2D eigenvalue weighted by molar-refractivity contribution is 5.96. The maximum absolute atomic E-state index is 12.3. The second kappa shape index (κ2) is 7.38. The number of halogens is 1. The van der Waals surface area contributed by atoms with Crippen molar-refractivity contribution in [3.8, 4) is 0 Å². The summed E-state index contributed by atoms with van der Waals surface area (Å²) in [5, 5.41) is 13.7. The lowest BCUT2D eigenvalue weighted by Gasteiger charge is -2.33. The number of nitrogens with one attached hydrogen (secondary N) is 1. The van der Waals surface area contributed by atoms with Gasteiger partial charge in [0.25, 0.3) is 11.6 Å². The first-order valence-corrected chi connectivity index (χ1v) is 6.49. The molecule has 0 aliphatic rings. The summed E-state index contributed by atoms with van der Waals surface area (Å²) in [6.45, 7) is 7.83. The fourth-order valence-electron chi connectivity index (χ4n) is 1.73. The van der Waals surface area contributed by atoms with Gasteiger partial charge in [-0.3, -0.25) is 14.9 Å². The van der Waals surface area contributed by atoms with Crippen LogP contribution in [0.5, 0.6) is 0 Å². The Labute approximate surface area is 130 Å². The third-order valence-electron chi connectivity index (χ3n) is 3.77. The molecule has 1 rings (SSSR count). The van der Waals surface area contributed by atoms with E-state index in [-0.39, 0.29) is 29.9 Å². The van der Waals surface area contributed by atoms with Gasteiger partial charge >= 0.3 is 0 Å². The van der Waals surface area contributed by atoms with Gasteiger partial charge in [-0.2, -0.15) is 0 Å². The first-order valence-electron chi connectivity index (χ1n) is 6.49. The first kappa shape index (κ1) is 19.3. The number of amides is 1. The van der Waals surface area contributed by atoms with E-state index >= 15 is 0 Å². The van der Waals surface area contributed by atoms with Crippen molar-refractivity contribution in [3.63, 3.8) is 0 Å². The number of non-ortho nitro benzene ring substituents is 1. The molecule has 0 saturated carbocycles. The standard InChI is InChI=1S/C14H21N3O3.ClH/c1-9(2)14(4,8-15)16-13(18)12-7-11(17(19)20)6-5-10(12)3;/h5-7,9H,8,15H2,1-4H3,(H,16,18);1H. The number of hydrogen-bond acceptors (Lipinski definition) is 4. The zero-order chi connectivity index (χ0) is 15.5. The van der Waals surface area contributed by atoms with Crippen LogP contribution in [0.3, 0.4) is 0 Å². The maximum Gasteiger partial charge on any atom is 0.270 e. The number of nitrogens with zero attached hydrogens (tertiary/aromatic N) is 1. The number of rotatable bonds is 5. The predicted molar refractivity (Wildman–Crippen MR) is 84.8 cm³/mol. The van der Waals surface area contributed by atoms with Gasteiger partial charge in [0.1, 0.15) is 0 Å². The number of hydrogen-bond donors (Lipinski definition) is 2. The van der Waals surface area contributed by atoms with Crippen molar-refractivity contribution in [2.45, 2.75) is 33.2 Å². The minimum Gasteiger partial charge on any atom is -0.345 e. The zero-order valence-electron chi connectivity index (χ0n) is 12.7. The van der Waals surface area contributed by atoms with Crippen LogP contribution >= 0.6 is 12.4 Å². The van der Waals surface area contributed by atoms with Gasteiger partial charge in [-0.15, -0.1) is 12.4 Å². The molecule has 0 bridgehead atoms. The highest BCUT2D eigenvalue weighted by atomic mass is 35.5. The second-order valence-corrected chi connectivity index (χ2v) is 5.49. The molecular formula is C14H22ClN3O3. The summed E-state index contributed by atoms with van der Waals surface area (Å²) >= 11 is 0. The zero-order valence-corrected chi connectivity index (χ0v) is 13.5. The van der Waals surface area contributed by atoms with E-state index in [1.54, 1.807) is 13.0 Å². The Morgan fingerprint density at radius 3 is 2.48 bits per heavy atom. The van der Waals surface area contributed by atoms with E-state index in [0.717, 1.165) is 0 Å². The first-order chi connectivity index (χ1) is 9.21. The van der Waals surface area contributed by atoms with E-state index < -0.39 is 10.5 Å². The van der Waals surface area contributed by atoms with E-state index in [2.05, 4.69) is 5.32 Å². The average molecular weight is 316 g/mol. The van der Waals surface area contributed by atoms with E-state index in [1.165, 1.54) is 12.1 Å². The monoisotopic (exact) mass is 315 g/mol. The SMILES string of the molecule is Cc1ccc([N+](=O)[O-])cc1C(=O)NC(C)(CN)C(C)C.Cl. The van der Waals surface area contributed by atoms with Gasteiger partial charge in [0.2, 0.25) is 0 Å². The Bertz CT molecular complexity index is 534. The minimum atomic E-state index is -0.547. The maximum atomic E-state index is 12.3. The Hall–Kier alpha value is -1.66.